The Labute approximate surface area is 203 Å². The van der Waals surface area contributed by atoms with Crippen LogP contribution in [0, 0.1) is 13.8 Å². The van der Waals surface area contributed by atoms with Crippen LogP contribution >= 0.6 is 0 Å². The highest BCUT2D eigenvalue weighted by Crippen LogP contribution is 2.26. The van der Waals surface area contributed by atoms with Crippen LogP contribution in [0.15, 0.2) is 52.9 Å². The number of para-hydroxylation sites is 1. The van der Waals surface area contributed by atoms with E-state index in [0.717, 1.165) is 85.2 Å². The Bertz CT molecular complexity index is 1070. The van der Waals surface area contributed by atoms with Gasteiger partial charge in [0.1, 0.15) is 11.5 Å². The normalized spacial score (nSPS) is 14.7. The SMILES string of the molecule is CCCc1oc(CN2CCCN(C(=O)CNc3c(C)cccc3C)CC2)nc1-c1ccccc1. The van der Waals surface area contributed by atoms with Crippen LogP contribution in [0.25, 0.3) is 11.3 Å². The Kier molecular flexibility index (Phi) is 8.01. The molecule has 2 aromatic carbocycles. The summed E-state index contributed by atoms with van der Waals surface area (Å²) in [4.78, 5) is 22.1. The molecule has 1 aliphatic rings. The van der Waals surface area contributed by atoms with Gasteiger partial charge in [-0.3, -0.25) is 9.69 Å². The summed E-state index contributed by atoms with van der Waals surface area (Å²) in [5.74, 6) is 1.88. The first-order valence-electron chi connectivity index (χ1n) is 12.4. The van der Waals surface area contributed by atoms with Crippen molar-refractivity contribution in [3.63, 3.8) is 0 Å². The summed E-state index contributed by atoms with van der Waals surface area (Å²) in [5, 5.41) is 3.36. The predicted octanol–water partition coefficient (Wildman–Crippen LogP) is 5.06. The van der Waals surface area contributed by atoms with Gasteiger partial charge in [-0.2, -0.15) is 0 Å². The second-order valence-electron chi connectivity index (χ2n) is 9.13. The van der Waals surface area contributed by atoms with E-state index in [0.29, 0.717) is 13.1 Å². The van der Waals surface area contributed by atoms with Crippen molar-refractivity contribution >= 4 is 11.6 Å². The highest BCUT2D eigenvalue weighted by Gasteiger charge is 2.22. The molecule has 0 bridgehead atoms. The van der Waals surface area contributed by atoms with Crippen molar-refractivity contribution in [3.8, 4) is 11.3 Å². The molecule has 0 radical (unpaired) electrons. The molecule has 0 spiro atoms. The summed E-state index contributed by atoms with van der Waals surface area (Å²) >= 11 is 0. The molecule has 3 aromatic rings. The molecule has 1 aromatic heterocycles. The summed E-state index contributed by atoms with van der Waals surface area (Å²) in [6.45, 7) is 10.6. The lowest BCUT2D eigenvalue weighted by Gasteiger charge is -2.22. The highest BCUT2D eigenvalue weighted by molar-refractivity contribution is 5.81. The van der Waals surface area contributed by atoms with Gasteiger partial charge in [-0.15, -0.1) is 0 Å². The molecule has 0 atom stereocenters. The number of rotatable bonds is 8. The van der Waals surface area contributed by atoms with Gasteiger partial charge in [-0.25, -0.2) is 4.98 Å². The van der Waals surface area contributed by atoms with Crippen LogP contribution in [0.2, 0.25) is 0 Å². The minimum absolute atomic E-state index is 0.150. The van der Waals surface area contributed by atoms with E-state index in [9.17, 15) is 4.79 Å². The second-order valence-corrected chi connectivity index (χ2v) is 9.13. The standard InChI is InChI=1S/C28H36N4O2/c1-4-10-24-28(23-13-6-5-7-14-23)30-25(34-24)20-31-15-9-16-32(18-17-31)26(33)19-29-27-21(2)11-8-12-22(27)3/h5-8,11-14,29H,4,9-10,15-20H2,1-3H3. The molecule has 0 aliphatic carbocycles. The number of hydrogen-bond donors (Lipinski definition) is 1. The molecule has 180 valence electrons. The van der Waals surface area contributed by atoms with Gasteiger partial charge >= 0.3 is 0 Å². The molecular formula is C28H36N4O2. The van der Waals surface area contributed by atoms with E-state index in [1.165, 1.54) is 0 Å². The largest absolute Gasteiger partial charge is 0.444 e. The number of nitrogens with zero attached hydrogens (tertiary/aromatic N) is 3. The lowest BCUT2D eigenvalue weighted by atomic mass is 10.1. The number of benzene rings is 2. The molecule has 1 fully saturated rings. The van der Waals surface area contributed by atoms with Crippen LogP contribution in [0.4, 0.5) is 5.69 Å². The van der Waals surface area contributed by atoms with E-state index in [1.54, 1.807) is 0 Å². The summed E-state index contributed by atoms with van der Waals surface area (Å²) in [5.41, 5.74) is 5.45. The Morgan fingerprint density at radius 2 is 1.76 bits per heavy atom. The molecule has 2 heterocycles. The van der Waals surface area contributed by atoms with E-state index in [1.807, 2.05) is 29.2 Å². The summed E-state index contributed by atoms with van der Waals surface area (Å²) in [6, 6.07) is 16.5. The Morgan fingerprint density at radius 3 is 2.50 bits per heavy atom. The van der Waals surface area contributed by atoms with Gasteiger partial charge in [0.2, 0.25) is 11.8 Å². The number of nitrogens with one attached hydrogen (secondary N) is 1. The maximum atomic E-state index is 12.9. The number of carbonyl (C=O) groups is 1. The van der Waals surface area contributed by atoms with Crippen molar-refractivity contribution < 1.29 is 9.21 Å². The zero-order valence-electron chi connectivity index (χ0n) is 20.6. The van der Waals surface area contributed by atoms with Crippen molar-refractivity contribution in [2.75, 3.05) is 38.0 Å². The summed E-state index contributed by atoms with van der Waals surface area (Å²) in [6.07, 6.45) is 2.85. The zero-order chi connectivity index (χ0) is 23.9. The van der Waals surface area contributed by atoms with Crippen molar-refractivity contribution in [1.82, 2.24) is 14.8 Å². The number of anilines is 1. The molecule has 1 aliphatic heterocycles. The van der Waals surface area contributed by atoms with Crippen LogP contribution in [-0.4, -0.2) is 53.4 Å². The number of hydrogen-bond acceptors (Lipinski definition) is 5. The molecule has 0 unspecified atom stereocenters. The number of carbonyl (C=O) groups excluding carboxylic acids is 1. The lowest BCUT2D eigenvalue weighted by molar-refractivity contribution is -0.129. The smallest absolute Gasteiger partial charge is 0.241 e. The lowest BCUT2D eigenvalue weighted by Crippen LogP contribution is -2.38. The minimum Gasteiger partial charge on any atom is -0.444 e. The fourth-order valence-electron chi connectivity index (χ4n) is 4.62. The van der Waals surface area contributed by atoms with Gasteiger partial charge in [0.05, 0.1) is 13.1 Å². The van der Waals surface area contributed by atoms with Gasteiger partial charge in [0, 0.05) is 43.9 Å². The topological polar surface area (TPSA) is 61.6 Å². The first kappa shape index (κ1) is 24.0. The van der Waals surface area contributed by atoms with Gasteiger partial charge in [0.25, 0.3) is 0 Å². The third kappa shape index (κ3) is 5.86. The number of amides is 1. The quantitative estimate of drug-likeness (QED) is 0.509. The molecule has 1 N–H and O–H groups in total. The van der Waals surface area contributed by atoms with E-state index in [4.69, 9.17) is 9.40 Å². The minimum atomic E-state index is 0.150. The average Bonchev–Trinajstić information content (AvgIpc) is 3.07. The first-order valence-corrected chi connectivity index (χ1v) is 12.4. The highest BCUT2D eigenvalue weighted by atomic mass is 16.4. The number of aryl methyl sites for hydroxylation is 3. The van der Waals surface area contributed by atoms with Gasteiger partial charge in [-0.05, 0) is 37.8 Å². The van der Waals surface area contributed by atoms with Crippen molar-refractivity contribution in [2.45, 2.75) is 46.6 Å². The van der Waals surface area contributed by atoms with E-state index < -0.39 is 0 Å². The molecule has 4 rings (SSSR count). The maximum Gasteiger partial charge on any atom is 0.241 e. The van der Waals surface area contributed by atoms with Crippen LogP contribution in [0.1, 0.15) is 42.5 Å². The zero-order valence-corrected chi connectivity index (χ0v) is 20.6. The molecule has 6 heteroatoms. The van der Waals surface area contributed by atoms with Crippen LogP contribution < -0.4 is 5.32 Å². The molecule has 0 saturated carbocycles. The van der Waals surface area contributed by atoms with E-state index in [2.05, 4.69) is 55.3 Å². The van der Waals surface area contributed by atoms with E-state index in [-0.39, 0.29) is 5.91 Å². The Morgan fingerprint density at radius 1 is 1.00 bits per heavy atom. The van der Waals surface area contributed by atoms with Crippen LogP contribution in [0.3, 0.4) is 0 Å². The molecule has 1 saturated heterocycles. The third-order valence-electron chi connectivity index (χ3n) is 6.46. The van der Waals surface area contributed by atoms with Crippen molar-refractivity contribution in [1.29, 1.82) is 0 Å². The Balaban J connectivity index is 1.35. The molecular weight excluding hydrogens is 424 g/mol. The molecule has 34 heavy (non-hydrogen) atoms. The van der Waals surface area contributed by atoms with E-state index >= 15 is 0 Å². The third-order valence-corrected chi connectivity index (χ3v) is 6.46. The van der Waals surface area contributed by atoms with Gasteiger partial charge in [0.15, 0.2) is 0 Å². The predicted molar refractivity (Wildman–Crippen MR) is 137 cm³/mol. The molecule has 6 nitrogen and oxygen atoms in total. The monoisotopic (exact) mass is 460 g/mol. The number of oxazole rings is 1. The molecule has 1 amide bonds. The van der Waals surface area contributed by atoms with Gasteiger partial charge < -0.3 is 14.6 Å². The summed E-state index contributed by atoms with van der Waals surface area (Å²) in [7, 11) is 0. The Hall–Kier alpha value is -3.12. The summed E-state index contributed by atoms with van der Waals surface area (Å²) < 4.78 is 6.19. The van der Waals surface area contributed by atoms with Crippen molar-refractivity contribution in [2.24, 2.45) is 0 Å². The van der Waals surface area contributed by atoms with Crippen LogP contribution in [-0.2, 0) is 17.8 Å². The maximum absolute atomic E-state index is 12.9. The first-order chi connectivity index (χ1) is 16.5. The second kappa shape index (κ2) is 11.3. The fraction of sp³-hybridized carbons (Fsp3) is 0.429. The average molecular weight is 461 g/mol. The van der Waals surface area contributed by atoms with Crippen LogP contribution in [0.5, 0.6) is 0 Å². The van der Waals surface area contributed by atoms with Crippen molar-refractivity contribution in [3.05, 3.63) is 71.3 Å². The number of aromatic nitrogens is 1. The van der Waals surface area contributed by atoms with Gasteiger partial charge in [-0.1, -0.05) is 55.5 Å². The fourth-order valence-corrected chi connectivity index (χ4v) is 4.62.